The fourth-order valence-electron chi connectivity index (χ4n) is 2.03. The van der Waals surface area contributed by atoms with Gasteiger partial charge < -0.3 is 9.84 Å². The number of rotatable bonds is 4. The van der Waals surface area contributed by atoms with Crippen molar-refractivity contribution in [2.24, 2.45) is 0 Å². The highest BCUT2D eigenvalue weighted by atomic mass is 19.1. The molecular weight excluding hydrogens is 209 g/mol. The largest absolute Gasteiger partial charge is 0.388 e. The van der Waals surface area contributed by atoms with E-state index in [0.29, 0.717) is 12.0 Å². The van der Waals surface area contributed by atoms with Crippen LogP contribution in [0, 0.1) is 5.82 Å². The average Bonchev–Trinajstić information content (AvgIpc) is 2.79. The lowest BCUT2D eigenvalue weighted by atomic mass is 10.0. The van der Waals surface area contributed by atoms with Crippen LogP contribution in [-0.2, 0) is 4.74 Å². The third-order valence-electron chi connectivity index (χ3n) is 2.95. The van der Waals surface area contributed by atoms with Crippen molar-refractivity contribution in [2.75, 3.05) is 6.61 Å². The Hall–Kier alpha value is -1.00. The molecular formula is C12H16FNO2. The van der Waals surface area contributed by atoms with E-state index in [2.05, 4.69) is 4.98 Å². The van der Waals surface area contributed by atoms with Crippen molar-refractivity contribution in [2.45, 2.75) is 37.9 Å². The van der Waals surface area contributed by atoms with Gasteiger partial charge in [0, 0.05) is 18.4 Å². The number of aliphatic hydroxyl groups excluding tert-OH is 1. The molecule has 3 nitrogen and oxygen atoms in total. The zero-order valence-corrected chi connectivity index (χ0v) is 9.10. The van der Waals surface area contributed by atoms with Crippen LogP contribution in [0.25, 0.3) is 0 Å². The van der Waals surface area contributed by atoms with Crippen molar-refractivity contribution >= 4 is 0 Å². The van der Waals surface area contributed by atoms with E-state index >= 15 is 0 Å². The van der Waals surface area contributed by atoms with E-state index in [0.717, 1.165) is 32.1 Å². The second kappa shape index (κ2) is 5.37. The molecule has 2 heterocycles. The van der Waals surface area contributed by atoms with Crippen molar-refractivity contribution in [3.8, 4) is 0 Å². The van der Waals surface area contributed by atoms with Gasteiger partial charge in [0.2, 0.25) is 0 Å². The lowest BCUT2D eigenvalue weighted by molar-refractivity contribution is 0.0803. The van der Waals surface area contributed by atoms with Crippen LogP contribution in [0.2, 0.25) is 0 Å². The Balaban J connectivity index is 1.87. The van der Waals surface area contributed by atoms with Gasteiger partial charge in [-0.3, -0.25) is 4.98 Å². The fourth-order valence-corrected chi connectivity index (χ4v) is 2.03. The lowest BCUT2D eigenvalue weighted by Crippen LogP contribution is -2.09. The molecule has 1 aromatic rings. The van der Waals surface area contributed by atoms with Crippen molar-refractivity contribution in [3.05, 3.63) is 29.8 Å². The van der Waals surface area contributed by atoms with Gasteiger partial charge in [-0.15, -0.1) is 0 Å². The minimum atomic E-state index is -0.757. The van der Waals surface area contributed by atoms with Crippen LogP contribution in [0.4, 0.5) is 4.39 Å². The standard InChI is InChI=1S/C12H16FNO2/c13-11-8-14-6-5-10(11)12(15)4-3-9-2-1-7-16-9/h5-6,8-9,12,15H,1-4,7H2. The Labute approximate surface area is 94.3 Å². The van der Waals surface area contributed by atoms with E-state index in [9.17, 15) is 9.50 Å². The Morgan fingerprint density at radius 1 is 1.62 bits per heavy atom. The maximum absolute atomic E-state index is 13.3. The zero-order chi connectivity index (χ0) is 11.4. The molecule has 0 saturated carbocycles. The molecule has 1 aliphatic heterocycles. The first-order valence-corrected chi connectivity index (χ1v) is 5.66. The molecule has 1 fully saturated rings. The summed E-state index contributed by atoms with van der Waals surface area (Å²) in [7, 11) is 0. The van der Waals surface area contributed by atoms with Crippen LogP contribution < -0.4 is 0 Å². The normalized spacial score (nSPS) is 22.2. The Bertz CT molecular complexity index is 340. The van der Waals surface area contributed by atoms with Crippen LogP contribution in [0.15, 0.2) is 18.5 Å². The molecule has 0 bridgehead atoms. The van der Waals surface area contributed by atoms with Gasteiger partial charge in [0.05, 0.1) is 18.4 Å². The first kappa shape index (κ1) is 11.5. The molecule has 0 aliphatic carbocycles. The molecule has 88 valence electrons. The number of nitrogens with zero attached hydrogens (tertiary/aromatic N) is 1. The number of hydrogen-bond acceptors (Lipinski definition) is 3. The fraction of sp³-hybridized carbons (Fsp3) is 0.583. The summed E-state index contributed by atoms with van der Waals surface area (Å²) in [6.07, 6.45) is 5.55. The van der Waals surface area contributed by atoms with E-state index < -0.39 is 11.9 Å². The minimum absolute atomic E-state index is 0.236. The lowest BCUT2D eigenvalue weighted by Gasteiger charge is -2.14. The molecule has 2 rings (SSSR count). The summed E-state index contributed by atoms with van der Waals surface area (Å²) in [6.45, 7) is 0.810. The number of ether oxygens (including phenoxy) is 1. The molecule has 0 radical (unpaired) electrons. The smallest absolute Gasteiger partial charge is 0.147 e. The molecule has 1 aromatic heterocycles. The SMILES string of the molecule is OC(CCC1CCCO1)c1ccncc1F. The molecule has 1 aliphatic rings. The molecule has 2 unspecified atom stereocenters. The summed E-state index contributed by atoms with van der Waals surface area (Å²) < 4.78 is 18.7. The molecule has 4 heteroatoms. The Morgan fingerprint density at radius 2 is 2.50 bits per heavy atom. The van der Waals surface area contributed by atoms with E-state index in [1.54, 1.807) is 0 Å². The van der Waals surface area contributed by atoms with Gasteiger partial charge in [-0.05, 0) is 31.7 Å². The second-order valence-corrected chi connectivity index (χ2v) is 4.13. The number of aliphatic hydroxyl groups is 1. The summed E-state index contributed by atoms with van der Waals surface area (Å²) in [5.74, 6) is -0.442. The molecule has 1 saturated heterocycles. The molecule has 0 aromatic carbocycles. The van der Waals surface area contributed by atoms with Gasteiger partial charge in [-0.2, -0.15) is 0 Å². The highest BCUT2D eigenvalue weighted by molar-refractivity contribution is 5.15. The topological polar surface area (TPSA) is 42.4 Å². The summed E-state index contributed by atoms with van der Waals surface area (Å²) in [6, 6.07) is 1.52. The van der Waals surface area contributed by atoms with E-state index in [1.165, 1.54) is 12.3 Å². The zero-order valence-electron chi connectivity index (χ0n) is 9.10. The summed E-state index contributed by atoms with van der Waals surface area (Å²) in [5.41, 5.74) is 0.327. The molecule has 1 N–H and O–H groups in total. The molecule has 16 heavy (non-hydrogen) atoms. The van der Waals surface area contributed by atoms with Gasteiger partial charge in [-0.1, -0.05) is 0 Å². The van der Waals surface area contributed by atoms with Crippen molar-refractivity contribution in [1.82, 2.24) is 4.98 Å². The Kier molecular flexibility index (Phi) is 3.85. The minimum Gasteiger partial charge on any atom is -0.388 e. The van der Waals surface area contributed by atoms with Crippen LogP contribution in [-0.4, -0.2) is 22.8 Å². The first-order valence-electron chi connectivity index (χ1n) is 5.66. The first-order chi connectivity index (χ1) is 7.77. The van der Waals surface area contributed by atoms with Gasteiger partial charge >= 0.3 is 0 Å². The molecule has 0 amide bonds. The number of aromatic nitrogens is 1. The highest BCUT2D eigenvalue weighted by Gasteiger charge is 2.19. The van der Waals surface area contributed by atoms with Gasteiger partial charge in [0.25, 0.3) is 0 Å². The van der Waals surface area contributed by atoms with Crippen molar-refractivity contribution in [1.29, 1.82) is 0 Å². The van der Waals surface area contributed by atoms with Gasteiger partial charge in [0.15, 0.2) is 0 Å². The average molecular weight is 225 g/mol. The maximum atomic E-state index is 13.3. The Morgan fingerprint density at radius 3 is 3.19 bits per heavy atom. The van der Waals surface area contributed by atoms with E-state index in [-0.39, 0.29) is 6.10 Å². The van der Waals surface area contributed by atoms with Crippen molar-refractivity contribution in [3.63, 3.8) is 0 Å². The van der Waals surface area contributed by atoms with Crippen LogP contribution in [0.3, 0.4) is 0 Å². The third kappa shape index (κ3) is 2.77. The second-order valence-electron chi connectivity index (χ2n) is 4.13. The number of hydrogen-bond donors (Lipinski definition) is 1. The monoisotopic (exact) mass is 225 g/mol. The summed E-state index contributed by atoms with van der Waals surface area (Å²) in [5, 5.41) is 9.84. The van der Waals surface area contributed by atoms with Gasteiger partial charge in [0.1, 0.15) is 5.82 Å². The summed E-state index contributed by atoms with van der Waals surface area (Å²) in [4.78, 5) is 3.65. The highest BCUT2D eigenvalue weighted by Crippen LogP contribution is 2.24. The predicted molar refractivity (Wildman–Crippen MR) is 57.4 cm³/mol. The van der Waals surface area contributed by atoms with Crippen LogP contribution >= 0.6 is 0 Å². The molecule has 2 atom stereocenters. The van der Waals surface area contributed by atoms with Crippen LogP contribution in [0.1, 0.15) is 37.4 Å². The van der Waals surface area contributed by atoms with Crippen molar-refractivity contribution < 1.29 is 14.2 Å². The third-order valence-corrected chi connectivity index (χ3v) is 2.95. The van der Waals surface area contributed by atoms with E-state index in [1.807, 2.05) is 0 Å². The molecule has 0 spiro atoms. The quantitative estimate of drug-likeness (QED) is 0.854. The maximum Gasteiger partial charge on any atom is 0.147 e. The van der Waals surface area contributed by atoms with E-state index in [4.69, 9.17) is 4.74 Å². The predicted octanol–water partition coefficient (Wildman–Crippen LogP) is 2.21. The summed E-state index contributed by atoms with van der Waals surface area (Å²) >= 11 is 0. The number of halogens is 1. The van der Waals surface area contributed by atoms with Gasteiger partial charge in [-0.25, -0.2) is 4.39 Å². The van der Waals surface area contributed by atoms with Crippen LogP contribution in [0.5, 0.6) is 0 Å². The number of pyridine rings is 1.